The van der Waals surface area contributed by atoms with Gasteiger partial charge < -0.3 is 24.4 Å². The van der Waals surface area contributed by atoms with E-state index >= 15 is 0 Å². The predicted molar refractivity (Wildman–Crippen MR) is 90.8 cm³/mol. The molecule has 0 unspecified atom stereocenters. The van der Waals surface area contributed by atoms with Crippen LogP contribution in [0.15, 0.2) is 12.1 Å². The van der Waals surface area contributed by atoms with Gasteiger partial charge in [0.25, 0.3) is 0 Å². The normalized spacial score (nSPS) is 22.4. The van der Waals surface area contributed by atoms with E-state index in [1.807, 2.05) is 17.0 Å². The van der Waals surface area contributed by atoms with Crippen LogP contribution in [-0.4, -0.2) is 58.3 Å². The second kappa shape index (κ2) is 7.30. The Labute approximate surface area is 143 Å². The molecule has 2 heterocycles. The van der Waals surface area contributed by atoms with Crippen molar-refractivity contribution in [3.63, 3.8) is 0 Å². The molecule has 3 rings (SSSR count). The highest BCUT2D eigenvalue weighted by Gasteiger charge is 2.37. The van der Waals surface area contributed by atoms with E-state index in [-0.39, 0.29) is 5.91 Å². The number of carbonyl (C=O) groups excluding carboxylic acids is 1. The van der Waals surface area contributed by atoms with Crippen molar-refractivity contribution in [3.8, 4) is 17.2 Å². The van der Waals surface area contributed by atoms with Crippen LogP contribution >= 0.6 is 0 Å². The van der Waals surface area contributed by atoms with E-state index in [0.29, 0.717) is 41.9 Å². The molecular formula is C18H26N2O4. The van der Waals surface area contributed by atoms with Gasteiger partial charge >= 0.3 is 0 Å². The molecule has 6 heteroatoms. The summed E-state index contributed by atoms with van der Waals surface area (Å²) < 4.78 is 16.2. The van der Waals surface area contributed by atoms with Gasteiger partial charge in [0.1, 0.15) is 0 Å². The highest BCUT2D eigenvalue weighted by atomic mass is 16.5. The molecule has 0 spiro atoms. The summed E-state index contributed by atoms with van der Waals surface area (Å²) in [5, 5.41) is 3.40. The van der Waals surface area contributed by atoms with E-state index in [9.17, 15) is 4.79 Å². The SMILES string of the molecule is COc1ccc(CCC(=O)N2C[C@H]3CNC[C@H]3C2)c(OC)c1OC. The number of carbonyl (C=O) groups is 1. The lowest BCUT2D eigenvalue weighted by Crippen LogP contribution is -2.32. The zero-order valence-electron chi connectivity index (χ0n) is 14.6. The fourth-order valence-electron chi connectivity index (χ4n) is 3.82. The minimum Gasteiger partial charge on any atom is -0.493 e. The first kappa shape index (κ1) is 16.9. The zero-order valence-corrected chi connectivity index (χ0v) is 14.6. The van der Waals surface area contributed by atoms with Crippen LogP contribution in [0.4, 0.5) is 0 Å². The molecule has 2 aliphatic rings. The van der Waals surface area contributed by atoms with Gasteiger partial charge in [-0.15, -0.1) is 0 Å². The number of benzene rings is 1. The molecule has 1 aromatic carbocycles. The second-order valence-electron chi connectivity index (χ2n) is 6.47. The number of nitrogens with zero attached hydrogens (tertiary/aromatic N) is 1. The predicted octanol–water partition coefficient (Wildman–Crippen LogP) is 1.32. The number of fused-ring (bicyclic) bond motifs is 1. The lowest BCUT2D eigenvalue weighted by Gasteiger charge is -2.19. The standard InChI is InChI=1S/C18H26N2O4/c1-22-15-6-4-12(17(23-2)18(15)24-3)5-7-16(21)20-10-13-8-19-9-14(13)11-20/h4,6,13-14,19H,5,7-11H2,1-3H3/t13-,14+. The van der Waals surface area contributed by atoms with E-state index in [1.165, 1.54) is 0 Å². The van der Waals surface area contributed by atoms with Gasteiger partial charge in [-0.1, -0.05) is 6.07 Å². The van der Waals surface area contributed by atoms with Crippen molar-refractivity contribution in [2.24, 2.45) is 11.8 Å². The van der Waals surface area contributed by atoms with Crippen LogP contribution in [0, 0.1) is 11.8 Å². The van der Waals surface area contributed by atoms with Gasteiger partial charge in [0.15, 0.2) is 11.5 Å². The summed E-state index contributed by atoms with van der Waals surface area (Å²) in [5.41, 5.74) is 0.963. The Morgan fingerprint density at radius 1 is 1.08 bits per heavy atom. The van der Waals surface area contributed by atoms with E-state index < -0.39 is 0 Å². The van der Waals surface area contributed by atoms with Crippen LogP contribution in [0.5, 0.6) is 17.2 Å². The second-order valence-corrected chi connectivity index (χ2v) is 6.47. The third kappa shape index (κ3) is 3.15. The van der Waals surface area contributed by atoms with Gasteiger partial charge in [0.2, 0.25) is 11.7 Å². The van der Waals surface area contributed by atoms with Crippen LogP contribution in [0.1, 0.15) is 12.0 Å². The largest absolute Gasteiger partial charge is 0.493 e. The van der Waals surface area contributed by atoms with E-state index in [2.05, 4.69) is 5.32 Å². The average molecular weight is 334 g/mol. The lowest BCUT2D eigenvalue weighted by atomic mass is 10.0. The maximum absolute atomic E-state index is 12.5. The minimum absolute atomic E-state index is 0.223. The van der Waals surface area contributed by atoms with Crippen LogP contribution in [-0.2, 0) is 11.2 Å². The molecule has 2 saturated heterocycles. The number of rotatable bonds is 6. The number of likely N-dealkylation sites (tertiary alicyclic amines) is 1. The summed E-state index contributed by atoms with van der Waals surface area (Å²) in [4.78, 5) is 14.6. The Kier molecular flexibility index (Phi) is 5.14. The number of ether oxygens (including phenoxy) is 3. The number of methoxy groups -OCH3 is 3. The van der Waals surface area contributed by atoms with E-state index in [1.54, 1.807) is 21.3 Å². The summed E-state index contributed by atoms with van der Waals surface area (Å²) in [6.45, 7) is 3.86. The first-order valence-electron chi connectivity index (χ1n) is 8.44. The van der Waals surface area contributed by atoms with Gasteiger partial charge in [0, 0.05) is 32.6 Å². The third-order valence-corrected chi connectivity index (χ3v) is 5.14. The van der Waals surface area contributed by atoms with Crippen molar-refractivity contribution in [1.29, 1.82) is 0 Å². The van der Waals surface area contributed by atoms with Crippen LogP contribution in [0.2, 0.25) is 0 Å². The molecule has 0 aliphatic carbocycles. The Hall–Kier alpha value is -1.95. The summed E-state index contributed by atoms with van der Waals surface area (Å²) >= 11 is 0. The maximum Gasteiger partial charge on any atom is 0.222 e. The average Bonchev–Trinajstić information content (AvgIpc) is 3.20. The first-order valence-corrected chi connectivity index (χ1v) is 8.44. The van der Waals surface area contributed by atoms with Gasteiger partial charge in [-0.05, 0) is 29.9 Å². The van der Waals surface area contributed by atoms with Crippen LogP contribution in [0.3, 0.4) is 0 Å². The van der Waals surface area contributed by atoms with Gasteiger partial charge in [0.05, 0.1) is 21.3 Å². The highest BCUT2D eigenvalue weighted by Crippen LogP contribution is 2.40. The van der Waals surface area contributed by atoms with Crippen LogP contribution in [0.25, 0.3) is 0 Å². The fraction of sp³-hybridized carbons (Fsp3) is 0.611. The summed E-state index contributed by atoms with van der Waals surface area (Å²) in [6, 6.07) is 3.79. The minimum atomic E-state index is 0.223. The molecule has 2 fully saturated rings. The number of hydrogen-bond acceptors (Lipinski definition) is 5. The Bertz CT molecular complexity index is 593. The molecule has 1 N–H and O–H groups in total. The van der Waals surface area contributed by atoms with Crippen molar-refractivity contribution in [1.82, 2.24) is 10.2 Å². The molecule has 6 nitrogen and oxygen atoms in total. The van der Waals surface area contributed by atoms with Gasteiger partial charge in [-0.2, -0.15) is 0 Å². The third-order valence-electron chi connectivity index (χ3n) is 5.14. The van der Waals surface area contributed by atoms with Crippen molar-refractivity contribution in [3.05, 3.63) is 17.7 Å². The Morgan fingerprint density at radius 3 is 2.33 bits per heavy atom. The summed E-state index contributed by atoms with van der Waals surface area (Å²) in [5.74, 6) is 3.33. The smallest absolute Gasteiger partial charge is 0.222 e. The van der Waals surface area contributed by atoms with Crippen molar-refractivity contribution in [2.45, 2.75) is 12.8 Å². The molecule has 24 heavy (non-hydrogen) atoms. The molecule has 2 atom stereocenters. The Balaban J connectivity index is 1.65. The molecule has 0 aromatic heterocycles. The fourth-order valence-corrected chi connectivity index (χ4v) is 3.82. The van der Waals surface area contributed by atoms with Gasteiger partial charge in [-0.3, -0.25) is 4.79 Å². The van der Waals surface area contributed by atoms with Crippen molar-refractivity contribution < 1.29 is 19.0 Å². The summed E-state index contributed by atoms with van der Waals surface area (Å²) in [7, 11) is 4.79. The van der Waals surface area contributed by atoms with Crippen LogP contribution < -0.4 is 19.5 Å². The number of amides is 1. The number of nitrogens with one attached hydrogen (secondary N) is 1. The molecule has 1 aromatic rings. The molecule has 132 valence electrons. The molecule has 1 amide bonds. The van der Waals surface area contributed by atoms with E-state index in [4.69, 9.17) is 14.2 Å². The molecule has 2 aliphatic heterocycles. The summed E-state index contributed by atoms with van der Waals surface area (Å²) in [6.07, 6.45) is 1.12. The zero-order chi connectivity index (χ0) is 17.1. The van der Waals surface area contributed by atoms with Crippen molar-refractivity contribution in [2.75, 3.05) is 47.5 Å². The maximum atomic E-state index is 12.5. The molecule has 0 saturated carbocycles. The quantitative estimate of drug-likeness (QED) is 0.850. The molecular weight excluding hydrogens is 308 g/mol. The number of aryl methyl sites for hydroxylation is 1. The number of hydrogen-bond donors (Lipinski definition) is 1. The van der Waals surface area contributed by atoms with Crippen molar-refractivity contribution >= 4 is 5.91 Å². The van der Waals surface area contributed by atoms with E-state index in [0.717, 1.165) is 31.7 Å². The lowest BCUT2D eigenvalue weighted by molar-refractivity contribution is -0.130. The molecule has 0 radical (unpaired) electrons. The Morgan fingerprint density at radius 2 is 1.75 bits per heavy atom. The van der Waals surface area contributed by atoms with Gasteiger partial charge in [-0.25, -0.2) is 0 Å². The highest BCUT2D eigenvalue weighted by molar-refractivity contribution is 5.77. The monoisotopic (exact) mass is 334 g/mol. The topological polar surface area (TPSA) is 60.0 Å². The molecule has 0 bridgehead atoms. The first-order chi connectivity index (χ1) is 11.7.